The molecule has 1 heteroatoms. The van der Waals surface area contributed by atoms with Crippen molar-refractivity contribution in [1.29, 1.82) is 0 Å². The zero-order valence-electron chi connectivity index (χ0n) is 14.4. The van der Waals surface area contributed by atoms with Crippen molar-refractivity contribution in [2.75, 3.05) is 0 Å². The molecule has 0 aromatic heterocycles. The first-order valence-corrected chi connectivity index (χ1v) is 11.1. The predicted octanol–water partition coefficient (Wildman–Crippen LogP) is 4.47. The highest BCUT2D eigenvalue weighted by Gasteiger charge is 2.43. The quantitative estimate of drug-likeness (QED) is 0.731. The van der Waals surface area contributed by atoms with Gasteiger partial charge in [0.1, 0.15) is 8.07 Å². The Hall–Kier alpha value is -1.34. The standard InChI is InChI=1S/C21H28Si/c1-16(2)14-22(15-17(3)4)20-11-7-5-9-18(20)13-19-10-6-8-12-21(19)22/h5-12,16-17H,13-15H2,1-4H3. The number of benzene rings is 2. The van der Waals surface area contributed by atoms with Gasteiger partial charge in [-0.2, -0.15) is 0 Å². The first kappa shape index (κ1) is 15.5. The summed E-state index contributed by atoms with van der Waals surface area (Å²) in [4.78, 5) is 0. The normalized spacial score (nSPS) is 15.7. The molecular formula is C21H28Si. The summed E-state index contributed by atoms with van der Waals surface area (Å²) in [5.41, 5.74) is 3.18. The highest BCUT2D eigenvalue weighted by Crippen LogP contribution is 2.31. The maximum atomic E-state index is 2.45. The first-order chi connectivity index (χ1) is 10.5. The molecule has 3 rings (SSSR count). The van der Waals surface area contributed by atoms with Gasteiger partial charge in [0, 0.05) is 0 Å². The summed E-state index contributed by atoms with van der Waals surface area (Å²) in [6.07, 6.45) is 1.12. The molecule has 0 radical (unpaired) electrons. The van der Waals surface area contributed by atoms with Crippen LogP contribution in [0.5, 0.6) is 0 Å². The fourth-order valence-corrected chi connectivity index (χ4v) is 11.1. The molecule has 0 atom stereocenters. The Morgan fingerprint density at radius 2 is 1.14 bits per heavy atom. The third kappa shape index (κ3) is 2.67. The number of fused-ring (bicyclic) bond motifs is 2. The van der Waals surface area contributed by atoms with Crippen LogP contribution in [0.2, 0.25) is 12.1 Å². The van der Waals surface area contributed by atoms with E-state index in [0.29, 0.717) is 0 Å². The molecule has 116 valence electrons. The lowest BCUT2D eigenvalue weighted by atomic mass is 10.0. The molecule has 1 heterocycles. The lowest BCUT2D eigenvalue weighted by Crippen LogP contribution is -2.63. The highest BCUT2D eigenvalue weighted by molar-refractivity contribution is 7.03. The van der Waals surface area contributed by atoms with Crippen LogP contribution < -0.4 is 10.4 Å². The van der Waals surface area contributed by atoms with Crippen LogP contribution in [0.3, 0.4) is 0 Å². The van der Waals surface area contributed by atoms with E-state index in [9.17, 15) is 0 Å². The van der Waals surface area contributed by atoms with Gasteiger partial charge in [-0.3, -0.25) is 0 Å². The maximum Gasteiger partial charge on any atom is 0.119 e. The van der Waals surface area contributed by atoms with Crippen LogP contribution in [-0.4, -0.2) is 8.07 Å². The summed E-state index contributed by atoms with van der Waals surface area (Å²) in [6, 6.07) is 21.3. The molecule has 0 amide bonds. The fraction of sp³-hybridized carbons (Fsp3) is 0.429. The Morgan fingerprint density at radius 3 is 1.55 bits per heavy atom. The third-order valence-electron chi connectivity index (χ3n) is 4.96. The summed E-state index contributed by atoms with van der Waals surface area (Å²) in [5.74, 6) is 1.51. The van der Waals surface area contributed by atoms with Crippen molar-refractivity contribution in [1.82, 2.24) is 0 Å². The van der Waals surface area contributed by atoms with E-state index in [4.69, 9.17) is 0 Å². The van der Waals surface area contributed by atoms with Crippen molar-refractivity contribution in [3.05, 3.63) is 59.7 Å². The molecule has 22 heavy (non-hydrogen) atoms. The maximum absolute atomic E-state index is 2.45. The monoisotopic (exact) mass is 308 g/mol. The Balaban J connectivity index is 2.25. The summed E-state index contributed by atoms with van der Waals surface area (Å²) >= 11 is 0. The summed E-state index contributed by atoms with van der Waals surface area (Å²) in [7, 11) is -1.65. The van der Waals surface area contributed by atoms with E-state index < -0.39 is 8.07 Å². The van der Waals surface area contributed by atoms with Crippen molar-refractivity contribution in [3.63, 3.8) is 0 Å². The molecule has 1 aliphatic heterocycles. The van der Waals surface area contributed by atoms with Crippen LogP contribution >= 0.6 is 0 Å². The zero-order valence-corrected chi connectivity index (χ0v) is 15.4. The Kier molecular flexibility index (Phi) is 4.27. The van der Waals surface area contributed by atoms with E-state index in [1.807, 2.05) is 0 Å². The second-order valence-corrected chi connectivity index (χ2v) is 11.8. The molecule has 0 fully saturated rings. The Labute approximate surface area is 136 Å². The van der Waals surface area contributed by atoms with Crippen LogP contribution in [0.4, 0.5) is 0 Å². The average molecular weight is 309 g/mol. The van der Waals surface area contributed by atoms with Crippen LogP contribution in [0.25, 0.3) is 0 Å². The minimum atomic E-state index is -1.65. The van der Waals surface area contributed by atoms with Gasteiger partial charge >= 0.3 is 0 Å². The molecule has 0 spiro atoms. The van der Waals surface area contributed by atoms with Gasteiger partial charge in [-0.1, -0.05) is 86.6 Å². The smallest absolute Gasteiger partial charge is 0.0630 e. The predicted molar refractivity (Wildman–Crippen MR) is 100 cm³/mol. The van der Waals surface area contributed by atoms with Crippen molar-refractivity contribution in [3.8, 4) is 0 Å². The molecule has 0 saturated heterocycles. The minimum Gasteiger partial charge on any atom is -0.0630 e. The zero-order chi connectivity index (χ0) is 15.7. The Morgan fingerprint density at radius 1 is 0.727 bits per heavy atom. The fourth-order valence-electron chi connectivity index (χ4n) is 4.55. The van der Waals surface area contributed by atoms with Gasteiger partial charge in [-0.05, 0) is 41.5 Å². The van der Waals surface area contributed by atoms with Gasteiger partial charge in [0.05, 0.1) is 0 Å². The van der Waals surface area contributed by atoms with E-state index >= 15 is 0 Å². The topological polar surface area (TPSA) is 0 Å². The van der Waals surface area contributed by atoms with Crippen LogP contribution in [0.15, 0.2) is 48.5 Å². The Bertz CT molecular complexity index is 597. The number of hydrogen-bond acceptors (Lipinski definition) is 0. The first-order valence-electron chi connectivity index (χ1n) is 8.69. The molecule has 0 bridgehead atoms. The molecule has 0 aliphatic carbocycles. The van der Waals surface area contributed by atoms with Gasteiger partial charge in [0.2, 0.25) is 0 Å². The molecule has 1 aliphatic rings. The van der Waals surface area contributed by atoms with E-state index in [-0.39, 0.29) is 0 Å². The molecule has 0 unspecified atom stereocenters. The minimum absolute atomic E-state index is 0.754. The van der Waals surface area contributed by atoms with Gasteiger partial charge < -0.3 is 0 Å². The third-order valence-corrected chi connectivity index (χ3v) is 11.0. The van der Waals surface area contributed by atoms with Gasteiger partial charge in [-0.15, -0.1) is 0 Å². The van der Waals surface area contributed by atoms with Gasteiger partial charge in [-0.25, -0.2) is 0 Å². The van der Waals surface area contributed by atoms with Crippen LogP contribution in [0.1, 0.15) is 38.8 Å². The van der Waals surface area contributed by atoms with Crippen molar-refractivity contribution in [2.24, 2.45) is 11.8 Å². The number of hydrogen-bond donors (Lipinski definition) is 0. The largest absolute Gasteiger partial charge is 0.119 e. The molecule has 0 nitrogen and oxygen atoms in total. The lowest BCUT2D eigenvalue weighted by molar-refractivity contribution is 0.686. The molecule has 2 aromatic rings. The number of rotatable bonds is 4. The van der Waals surface area contributed by atoms with Gasteiger partial charge in [0.15, 0.2) is 0 Å². The van der Waals surface area contributed by atoms with Crippen molar-refractivity contribution in [2.45, 2.75) is 46.2 Å². The molecule has 0 N–H and O–H groups in total. The lowest BCUT2D eigenvalue weighted by Gasteiger charge is -2.41. The second-order valence-electron chi connectivity index (χ2n) is 7.77. The molecular weight excluding hydrogens is 280 g/mol. The van der Waals surface area contributed by atoms with E-state index in [1.165, 1.54) is 12.1 Å². The van der Waals surface area contributed by atoms with Crippen molar-refractivity contribution < 1.29 is 0 Å². The highest BCUT2D eigenvalue weighted by atomic mass is 28.3. The van der Waals surface area contributed by atoms with Crippen LogP contribution in [-0.2, 0) is 6.42 Å². The van der Waals surface area contributed by atoms with E-state index in [0.717, 1.165) is 18.3 Å². The molecule has 2 aromatic carbocycles. The summed E-state index contributed by atoms with van der Waals surface area (Å²) in [5, 5.41) is 3.44. The summed E-state index contributed by atoms with van der Waals surface area (Å²) in [6.45, 7) is 9.59. The van der Waals surface area contributed by atoms with Crippen molar-refractivity contribution >= 4 is 18.4 Å². The second kappa shape index (κ2) is 6.04. The SMILES string of the molecule is CC(C)C[Si]1(CC(C)C)c2ccccc2Cc2ccccc21. The van der Waals surface area contributed by atoms with E-state index in [1.54, 1.807) is 21.5 Å². The van der Waals surface area contributed by atoms with Gasteiger partial charge in [0.25, 0.3) is 0 Å². The van der Waals surface area contributed by atoms with Crippen LogP contribution in [0, 0.1) is 11.8 Å². The molecule has 0 saturated carbocycles. The average Bonchev–Trinajstić information content (AvgIpc) is 2.46. The van der Waals surface area contributed by atoms with E-state index in [2.05, 4.69) is 76.2 Å². The summed E-state index contributed by atoms with van der Waals surface area (Å²) < 4.78 is 0.